The first-order valence-electron chi connectivity index (χ1n) is 12.6. The lowest BCUT2D eigenvalue weighted by Gasteiger charge is -2.34. The van der Waals surface area contributed by atoms with E-state index in [-0.39, 0.29) is 74.1 Å². The Bertz CT molecular complexity index is 1160. The molecule has 11 heteroatoms. The van der Waals surface area contributed by atoms with Gasteiger partial charge in [0, 0.05) is 30.9 Å². The average molecular weight is 517 g/mol. The summed E-state index contributed by atoms with van der Waals surface area (Å²) in [5.74, 6) is -3.51. The molecular weight excluding hydrogens is 486 g/mol. The quantitative estimate of drug-likeness (QED) is 0.559. The van der Waals surface area contributed by atoms with Crippen molar-refractivity contribution in [1.29, 1.82) is 0 Å². The summed E-state index contributed by atoms with van der Waals surface area (Å²) in [7, 11) is 0. The Morgan fingerprint density at radius 2 is 1.84 bits per heavy atom. The molecule has 2 heterocycles. The Labute approximate surface area is 213 Å². The van der Waals surface area contributed by atoms with Crippen molar-refractivity contribution in [1.82, 2.24) is 9.97 Å². The van der Waals surface area contributed by atoms with E-state index >= 15 is 0 Å². The number of anilines is 2. The fraction of sp³-hybridized carbons (Fsp3) is 0.538. The van der Waals surface area contributed by atoms with Crippen molar-refractivity contribution in [3.8, 4) is 11.9 Å². The molecule has 0 atom stereocenters. The molecule has 2 fully saturated rings. The number of carboxylic acids is 1. The van der Waals surface area contributed by atoms with Crippen LogP contribution < -0.4 is 20.1 Å². The number of amides is 1. The number of nitrogens with two attached hydrogens (primary N) is 1. The molecule has 0 saturated heterocycles. The number of ether oxygens (including phenoxy) is 2. The highest BCUT2D eigenvalue weighted by Crippen LogP contribution is 2.42. The zero-order valence-corrected chi connectivity index (χ0v) is 20.4. The van der Waals surface area contributed by atoms with Crippen molar-refractivity contribution in [3.05, 3.63) is 35.4 Å². The summed E-state index contributed by atoms with van der Waals surface area (Å²) in [6.07, 6.45) is 3.45. The van der Waals surface area contributed by atoms with Crippen molar-refractivity contribution >= 4 is 23.4 Å². The number of carbonyl (C=O) groups excluding carboxylic acids is 1. The number of hydrogen-bond acceptors (Lipinski definition) is 7. The van der Waals surface area contributed by atoms with E-state index in [4.69, 9.17) is 20.3 Å². The number of benzene rings is 1. The maximum absolute atomic E-state index is 13.4. The number of nitrogens with zero attached hydrogens (tertiary/aromatic N) is 3. The highest BCUT2D eigenvalue weighted by atomic mass is 19.3. The Hall–Kier alpha value is -3.50. The predicted molar refractivity (Wildman–Crippen MR) is 130 cm³/mol. The number of rotatable bonds is 7. The first kappa shape index (κ1) is 25.2. The number of carboxylic acid groups (broad SMARTS) is 1. The van der Waals surface area contributed by atoms with Crippen LogP contribution in [-0.4, -0.2) is 52.6 Å². The van der Waals surface area contributed by atoms with Crippen LogP contribution in [0.15, 0.2) is 24.3 Å². The highest BCUT2D eigenvalue weighted by Gasteiger charge is 2.45. The molecule has 1 aliphatic heterocycles. The second-order valence-corrected chi connectivity index (χ2v) is 10.2. The van der Waals surface area contributed by atoms with Gasteiger partial charge >= 0.3 is 12.0 Å². The summed E-state index contributed by atoms with van der Waals surface area (Å²) in [4.78, 5) is 34.2. The summed E-state index contributed by atoms with van der Waals surface area (Å²) in [6.45, 7) is 0.502. The van der Waals surface area contributed by atoms with E-state index < -0.39 is 17.8 Å². The third kappa shape index (κ3) is 5.60. The SMILES string of the molecule is Nc1nc(OCC2CC(F)(F)C2)nc2c1C(=O)N(c1ccc(C3CCC(CC(=O)O)CC3)cc1)CCO2. The van der Waals surface area contributed by atoms with Gasteiger partial charge in [-0.25, -0.2) is 8.78 Å². The number of alkyl halides is 2. The van der Waals surface area contributed by atoms with Crippen molar-refractivity contribution in [3.63, 3.8) is 0 Å². The minimum Gasteiger partial charge on any atom is -0.481 e. The zero-order valence-electron chi connectivity index (χ0n) is 20.4. The lowest BCUT2D eigenvalue weighted by atomic mass is 9.77. The maximum atomic E-state index is 13.4. The second kappa shape index (κ2) is 10.1. The summed E-state index contributed by atoms with van der Waals surface area (Å²) >= 11 is 0. The van der Waals surface area contributed by atoms with E-state index in [1.165, 1.54) is 5.56 Å². The number of fused-ring (bicyclic) bond motifs is 1. The fourth-order valence-electron chi connectivity index (χ4n) is 5.49. The Morgan fingerprint density at radius 3 is 2.49 bits per heavy atom. The monoisotopic (exact) mass is 516 g/mol. The molecule has 0 radical (unpaired) electrons. The van der Waals surface area contributed by atoms with Gasteiger partial charge in [-0.3, -0.25) is 9.59 Å². The Kier molecular flexibility index (Phi) is 6.87. The molecule has 5 rings (SSSR count). The van der Waals surface area contributed by atoms with Gasteiger partial charge in [0.2, 0.25) is 11.8 Å². The van der Waals surface area contributed by atoms with Gasteiger partial charge in [0.25, 0.3) is 5.91 Å². The van der Waals surface area contributed by atoms with E-state index in [9.17, 15) is 18.4 Å². The largest absolute Gasteiger partial charge is 0.481 e. The minimum absolute atomic E-state index is 0.0173. The van der Waals surface area contributed by atoms with Crippen LogP contribution in [0.5, 0.6) is 11.9 Å². The molecule has 9 nitrogen and oxygen atoms in total. The van der Waals surface area contributed by atoms with Crippen LogP contribution in [0.3, 0.4) is 0 Å². The van der Waals surface area contributed by atoms with Crippen LogP contribution in [-0.2, 0) is 4.79 Å². The van der Waals surface area contributed by atoms with E-state index in [2.05, 4.69) is 9.97 Å². The molecule has 3 N–H and O–H groups in total. The topological polar surface area (TPSA) is 128 Å². The lowest BCUT2D eigenvalue weighted by Crippen LogP contribution is -2.38. The molecule has 1 aromatic carbocycles. The standard InChI is InChI=1S/C26H30F2N4O5/c27-26(28)12-16(13-26)14-37-25-30-22(29)21-23(31-25)36-10-9-32(24(21)35)19-7-5-18(6-8-19)17-3-1-15(2-4-17)11-20(33)34/h5-8,15-17H,1-4,9-14H2,(H,33,34)(H2,29,30,31). The minimum atomic E-state index is -2.64. The van der Waals surface area contributed by atoms with Gasteiger partial charge in [-0.1, -0.05) is 12.1 Å². The van der Waals surface area contributed by atoms with Crippen molar-refractivity contribution in [2.75, 3.05) is 30.4 Å². The van der Waals surface area contributed by atoms with E-state index in [1.54, 1.807) is 4.90 Å². The smallest absolute Gasteiger partial charge is 0.321 e. The average Bonchev–Trinajstić information content (AvgIpc) is 3.00. The molecule has 0 unspecified atom stereocenters. The molecule has 2 aliphatic carbocycles. The van der Waals surface area contributed by atoms with Crippen molar-refractivity contribution < 1.29 is 33.0 Å². The van der Waals surface area contributed by atoms with Gasteiger partial charge in [-0.05, 0) is 55.2 Å². The predicted octanol–water partition coefficient (Wildman–Crippen LogP) is 4.27. The molecule has 1 aromatic heterocycles. The normalized spacial score (nSPS) is 23.4. The van der Waals surface area contributed by atoms with Crippen LogP contribution in [0, 0.1) is 11.8 Å². The fourth-order valence-corrected chi connectivity index (χ4v) is 5.49. The van der Waals surface area contributed by atoms with E-state index in [1.807, 2.05) is 24.3 Å². The van der Waals surface area contributed by atoms with E-state index in [0.29, 0.717) is 11.6 Å². The molecule has 0 spiro atoms. The van der Waals surface area contributed by atoms with Crippen molar-refractivity contribution in [2.45, 2.75) is 56.8 Å². The van der Waals surface area contributed by atoms with Crippen LogP contribution in [0.4, 0.5) is 20.3 Å². The molecule has 2 aromatic rings. The molecule has 0 bridgehead atoms. The Morgan fingerprint density at radius 1 is 1.14 bits per heavy atom. The maximum Gasteiger partial charge on any atom is 0.321 e. The molecule has 1 amide bonds. The number of halogens is 2. The summed E-state index contributed by atoms with van der Waals surface area (Å²) in [5.41, 5.74) is 7.99. The third-order valence-electron chi connectivity index (χ3n) is 7.50. The lowest BCUT2D eigenvalue weighted by molar-refractivity contribution is -0.138. The van der Waals surface area contributed by atoms with Crippen LogP contribution in [0.1, 0.15) is 66.8 Å². The molecule has 3 aliphatic rings. The molecule has 2 saturated carbocycles. The molecular formula is C26H30F2N4O5. The van der Waals surface area contributed by atoms with Crippen LogP contribution in [0.25, 0.3) is 0 Å². The number of aromatic nitrogens is 2. The molecule has 37 heavy (non-hydrogen) atoms. The number of hydrogen-bond donors (Lipinski definition) is 2. The summed E-state index contributed by atoms with van der Waals surface area (Å²) < 4.78 is 37.3. The van der Waals surface area contributed by atoms with Crippen molar-refractivity contribution in [2.24, 2.45) is 11.8 Å². The first-order chi connectivity index (χ1) is 17.7. The first-order valence-corrected chi connectivity index (χ1v) is 12.6. The summed E-state index contributed by atoms with van der Waals surface area (Å²) in [5, 5.41) is 9.02. The molecule has 198 valence electrons. The van der Waals surface area contributed by atoms with E-state index in [0.717, 1.165) is 25.7 Å². The second-order valence-electron chi connectivity index (χ2n) is 10.2. The summed E-state index contributed by atoms with van der Waals surface area (Å²) in [6, 6.07) is 7.71. The van der Waals surface area contributed by atoms with Gasteiger partial charge in [-0.2, -0.15) is 9.97 Å². The number of carbonyl (C=O) groups is 2. The van der Waals surface area contributed by atoms with Gasteiger partial charge in [0.1, 0.15) is 18.0 Å². The number of aliphatic carboxylic acids is 1. The zero-order chi connectivity index (χ0) is 26.2. The Balaban J connectivity index is 1.25. The van der Waals surface area contributed by atoms with Crippen LogP contribution >= 0.6 is 0 Å². The van der Waals surface area contributed by atoms with Gasteiger partial charge in [0.05, 0.1) is 13.2 Å². The number of nitrogen functional groups attached to an aromatic ring is 1. The van der Waals surface area contributed by atoms with Crippen LogP contribution in [0.2, 0.25) is 0 Å². The van der Waals surface area contributed by atoms with Gasteiger partial charge in [-0.15, -0.1) is 0 Å². The van der Waals surface area contributed by atoms with Gasteiger partial charge in [0.15, 0.2) is 0 Å². The highest BCUT2D eigenvalue weighted by molar-refractivity contribution is 6.10. The third-order valence-corrected chi connectivity index (χ3v) is 7.50. The van der Waals surface area contributed by atoms with Gasteiger partial charge < -0.3 is 25.2 Å².